The van der Waals surface area contributed by atoms with Gasteiger partial charge in [0, 0.05) is 18.2 Å². The van der Waals surface area contributed by atoms with Crippen LogP contribution in [-0.4, -0.2) is 19.3 Å². The first-order valence-electron chi connectivity index (χ1n) is 6.96. The Labute approximate surface area is 109 Å². The Morgan fingerprint density at radius 2 is 2.06 bits per heavy atom. The largest absolute Gasteiger partial charge is 0.490 e. The van der Waals surface area contributed by atoms with E-state index in [9.17, 15) is 0 Å². The van der Waals surface area contributed by atoms with Gasteiger partial charge >= 0.3 is 0 Å². The average molecular weight is 249 g/mol. The van der Waals surface area contributed by atoms with Gasteiger partial charge < -0.3 is 14.8 Å². The molecule has 3 heteroatoms. The Bertz CT molecular complexity index is 375. The summed E-state index contributed by atoms with van der Waals surface area (Å²) >= 11 is 0. The monoisotopic (exact) mass is 249 g/mol. The third-order valence-corrected chi connectivity index (χ3v) is 2.97. The van der Waals surface area contributed by atoms with E-state index in [4.69, 9.17) is 9.47 Å². The molecule has 0 heterocycles. The second kappa shape index (κ2) is 6.64. The zero-order valence-electron chi connectivity index (χ0n) is 11.4. The molecule has 1 aromatic carbocycles. The van der Waals surface area contributed by atoms with E-state index in [1.807, 2.05) is 19.1 Å². The molecule has 0 saturated heterocycles. The number of nitrogens with one attached hydrogen (secondary N) is 1. The second-order valence-corrected chi connectivity index (χ2v) is 4.68. The highest BCUT2D eigenvalue weighted by atomic mass is 16.5. The Morgan fingerprint density at radius 3 is 2.72 bits per heavy atom. The number of para-hydroxylation sites is 1. The summed E-state index contributed by atoms with van der Waals surface area (Å²) < 4.78 is 11.5. The summed E-state index contributed by atoms with van der Waals surface area (Å²) in [6.45, 7) is 6.39. The molecule has 0 aromatic heterocycles. The molecule has 18 heavy (non-hydrogen) atoms. The van der Waals surface area contributed by atoms with Gasteiger partial charge in [-0.2, -0.15) is 0 Å². The summed E-state index contributed by atoms with van der Waals surface area (Å²) in [5.74, 6) is 1.77. The molecule has 0 radical (unpaired) electrons. The van der Waals surface area contributed by atoms with E-state index in [0.29, 0.717) is 12.6 Å². The van der Waals surface area contributed by atoms with Crippen LogP contribution in [0.5, 0.6) is 11.5 Å². The van der Waals surface area contributed by atoms with Crippen LogP contribution in [-0.2, 0) is 6.54 Å². The van der Waals surface area contributed by atoms with Gasteiger partial charge in [-0.1, -0.05) is 19.1 Å². The molecule has 0 aliphatic heterocycles. The van der Waals surface area contributed by atoms with Gasteiger partial charge in [0.25, 0.3) is 0 Å². The molecule has 0 amide bonds. The van der Waals surface area contributed by atoms with Gasteiger partial charge in [0.05, 0.1) is 13.2 Å². The van der Waals surface area contributed by atoms with Gasteiger partial charge in [-0.25, -0.2) is 0 Å². The predicted octanol–water partition coefficient (Wildman–Crippen LogP) is 3.13. The normalized spacial score (nSPS) is 14.6. The van der Waals surface area contributed by atoms with Crippen LogP contribution in [0.2, 0.25) is 0 Å². The fourth-order valence-electron chi connectivity index (χ4n) is 1.88. The van der Waals surface area contributed by atoms with E-state index in [1.165, 1.54) is 18.4 Å². The first-order chi connectivity index (χ1) is 8.85. The van der Waals surface area contributed by atoms with Crippen molar-refractivity contribution in [3.05, 3.63) is 23.8 Å². The molecular weight excluding hydrogens is 226 g/mol. The number of hydrogen-bond donors (Lipinski definition) is 1. The summed E-state index contributed by atoms with van der Waals surface area (Å²) in [7, 11) is 0. The first-order valence-corrected chi connectivity index (χ1v) is 6.96. The molecule has 3 nitrogen and oxygen atoms in total. The van der Waals surface area contributed by atoms with Crippen molar-refractivity contribution in [1.29, 1.82) is 0 Å². The molecule has 1 aliphatic rings. The molecule has 1 aliphatic carbocycles. The summed E-state index contributed by atoms with van der Waals surface area (Å²) in [4.78, 5) is 0. The quantitative estimate of drug-likeness (QED) is 0.768. The van der Waals surface area contributed by atoms with E-state index in [-0.39, 0.29) is 0 Å². The molecule has 0 bridgehead atoms. The third-order valence-electron chi connectivity index (χ3n) is 2.97. The Balaban J connectivity index is 2.09. The minimum absolute atomic E-state index is 0.669. The highest BCUT2D eigenvalue weighted by Gasteiger charge is 2.21. The Kier molecular flexibility index (Phi) is 4.88. The number of rotatable bonds is 8. The molecule has 1 saturated carbocycles. The van der Waals surface area contributed by atoms with E-state index in [0.717, 1.165) is 31.1 Å². The molecule has 0 atom stereocenters. The maximum Gasteiger partial charge on any atom is 0.165 e. The van der Waals surface area contributed by atoms with Gasteiger partial charge in [-0.3, -0.25) is 0 Å². The fourth-order valence-corrected chi connectivity index (χ4v) is 1.88. The molecule has 1 N–H and O–H groups in total. The number of hydrogen-bond acceptors (Lipinski definition) is 3. The van der Waals surface area contributed by atoms with Gasteiger partial charge in [-0.15, -0.1) is 0 Å². The molecule has 1 fully saturated rings. The SMILES string of the molecule is CCCOc1c(CNC2CC2)cccc1OCC. The maximum absolute atomic E-state index is 5.86. The standard InChI is InChI=1S/C15H23NO2/c1-3-10-18-15-12(11-16-13-8-9-13)6-5-7-14(15)17-4-2/h5-7,13,16H,3-4,8-11H2,1-2H3. The van der Waals surface area contributed by atoms with Crippen molar-refractivity contribution in [2.75, 3.05) is 13.2 Å². The molecular formula is C15H23NO2. The van der Waals surface area contributed by atoms with Crippen LogP contribution >= 0.6 is 0 Å². The Morgan fingerprint density at radius 1 is 1.22 bits per heavy atom. The maximum atomic E-state index is 5.86. The van der Waals surface area contributed by atoms with Crippen LogP contribution in [0, 0.1) is 0 Å². The minimum Gasteiger partial charge on any atom is -0.490 e. The fraction of sp³-hybridized carbons (Fsp3) is 0.600. The lowest BCUT2D eigenvalue weighted by Gasteiger charge is -2.16. The van der Waals surface area contributed by atoms with Crippen LogP contribution < -0.4 is 14.8 Å². The van der Waals surface area contributed by atoms with E-state index in [2.05, 4.69) is 18.3 Å². The highest BCUT2D eigenvalue weighted by Crippen LogP contribution is 2.32. The van der Waals surface area contributed by atoms with Crippen LogP contribution in [0.4, 0.5) is 0 Å². The highest BCUT2D eigenvalue weighted by molar-refractivity contribution is 5.46. The van der Waals surface area contributed by atoms with E-state index >= 15 is 0 Å². The summed E-state index contributed by atoms with van der Waals surface area (Å²) in [6.07, 6.45) is 3.61. The van der Waals surface area contributed by atoms with Gasteiger partial charge in [0.2, 0.25) is 0 Å². The van der Waals surface area contributed by atoms with Crippen molar-refractivity contribution in [2.24, 2.45) is 0 Å². The average Bonchev–Trinajstić information content (AvgIpc) is 3.19. The molecule has 2 rings (SSSR count). The minimum atomic E-state index is 0.669. The van der Waals surface area contributed by atoms with Crippen LogP contribution in [0.3, 0.4) is 0 Å². The predicted molar refractivity (Wildman–Crippen MR) is 73.3 cm³/mol. The van der Waals surface area contributed by atoms with Gasteiger partial charge in [0.1, 0.15) is 0 Å². The van der Waals surface area contributed by atoms with Crippen molar-refractivity contribution in [2.45, 2.75) is 45.7 Å². The molecule has 0 unspecified atom stereocenters. The summed E-state index contributed by atoms with van der Waals surface area (Å²) in [6, 6.07) is 6.84. The van der Waals surface area contributed by atoms with Crippen molar-refractivity contribution < 1.29 is 9.47 Å². The topological polar surface area (TPSA) is 30.5 Å². The Hall–Kier alpha value is -1.22. The van der Waals surface area contributed by atoms with Crippen LogP contribution in [0.15, 0.2) is 18.2 Å². The first kappa shape index (κ1) is 13.2. The zero-order valence-corrected chi connectivity index (χ0v) is 11.4. The molecule has 100 valence electrons. The third kappa shape index (κ3) is 3.64. The van der Waals surface area contributed by atoms with Crippen molar-refractivity contribution >= 4 is 0 Å². The lowest BCUT2D eigenvalue weighted by Crippen LogP contribution is -2.16. The van der Waals surface area contributed by atoms with Gasteiger partial charge in [0.15, 0.2) is 11.5 Å². The molecule has 1 aromatic rings. The number of ether oxygens (including phenoxy) is 2. The van der Waals surface area contributed by atoms with Crippen molar-refractivity contribution in [3.8, 4) is 11.5 Å². The van der Waals surface area contributed by atoms with Crippen molar-refractivity contribution in [1.82, 2.24) is 5.32 Å². The number of benzene rings is 1. The summed E-state index contributed by atoms with van der Waals surface area (Å²) in [5, 5.41) is 3.52. The summed E-state index contributed by atoms with van der Waals surface area (Å²) in [5.41, 5.74) is 1.20. The van der Waals surface area contributed by atoms with Crippen LogP contribution in [0.25, 0.3) is 0 Å². The van der Waals surface area contributed by atoms with Crippen molar-refractivity contribution in [3.63, 3.8) is 0 Å². The molecule has 0 spiro atoms. The smallest absolute Gasteiger partial charge is 0.165 e. The lowest BCUT2D eigenvalue weighted by molar-refractivity contribution is 0.274. The zero-order chi connectivity index (χ0) is 12.8. The van der Waals surface area contributed by atoms with E-state index in [1.54, 1.807) is 0 Å². The lowest BCUT2D eigenvalue weighted by atomic mass is 10.2. The second-order valence-electron chi connectivity index (χ2n) is 4.68. The van der Waals surface area contributed by atoms with E-state index < -0.39 is 0 Å². The van der Waals surface area contributed by atoms with Crippen LogP contribution in [0.1, 0.15) is 38.7 Å². The van der Waals surface area contributed by atoms with Gasteiger partial charge in [-0.05, 0) is 32.3 Å².